The number of hydrogen-bond acceptors (Lipinski definition) is 14. The van der Waals surface area contributed by atoms with Crippen LogP contribution in [0, 0.1) is 5.82 Å². The minimum Gasteiger partial charge on any atom is -0.493 e. The summed E-state index contributed by atoms with van der Waals surface area (Å²) in [6.07, 6.45) is 4.98. The van der Waals surface area contributed by atoms with E-state index in [0.29, 0.717) is 81.4 Å². The number of halogens is 2. The zero-order valence-electron chi connectivity index (χ0n) is 41.3. The average molecular weight is 1010 g/mol. The van der Waals surface area contributed by atoms with Gasteiger partial charge >= 0.3 is 0 Å². The SMILES string of the molecule is COc1cc(C(=O)CCC(C)(O)c2cc3c(c(-c4ccc(F)cc4)n2)OCC3(C)CN)ccc1OC1CC1.COc1cc(C(=O)CCC(C)(O)c2cc3c(c(Cl)n2)OCC3(C)CN=[N+]=[N-])ccc1OC1CC1. The fourth-order valence-electron chi connectivity index (χ4n) is 8.54. The number of benzene rings is 3. The van der Waals surface area contributed by atoms with E-state index in [9.17, 15) is 24.2 Å². The summed E-state index contributed by atoms with van der Waals surface area (Å²) < 4.78 is 47.8. The molecule has 0 spiro atoms. The number of carbonyl (C=O) groups is 2. The maximum absolute atomic E-state index is 13.6. The third kappa shape index (κ3) is 11.4. The number of methoxy groups -OCH3 is 2. The fraction of sp³-hybridized carbons (Fsp3) is 0.444. The third-order valence-corrected chi connectivity index (χ3v) is 14.0. The van der Waals surface area contributed by atoms with Crippen molar-refractivity contribution < 1.29 is 52.6 Å². The summed E-state index contributed by atoms with van der Waals surface area (Å²) in [5.74, 6) is 2.65. The first-order valence-electron chi connectivity index (χ1n) is 24.0. The van der Waals surface area contributed by atoms with Gasteiger partial charge in [-0.2, -0.15) is 0 Å². The Balaban J connectivity index is 0.000000194. The van der Waals surface area contributed by atoms with Crippen LogP contribution in [0.15, 0.2) is 77.9 Å². The number of pyridine rings is 2. The Labute approximate surface area is 422 Å². The van der Waals surface area contributed by atoms with Crippen LogP contribution in [0.1, 0.15) is 122 Å². The molecule has 0 bridgehead atoms. The van der Waals surface area contributed by atoms with Gasteiger partial charge in [0.1, 0.15) is 28.5 Å². The van der Waals surface area contributed by atoms with Crippen LogP contribution >= 0.6 is 11.6 Å². The quantitative estimate of drug-likeness (QED) is 0.0217. The lowest BCUT2D eigenvalue weighted by Crippen LogP contribution is -2.33. The van der Waals surface area contributed by atoms with Gasteiger partial charge in [-0.3, -0.25) is 9.59 Å². The lowest BCUT2D eigenvalue weighted by atomic mass is 9.82. The highest BCUT2D eigenvalue weighted by Crippen LogP contribution is 2.47. The predicted octanol–water partition coefficient (Wildman–Crippen LogP) is 10.0. The van der Waals surface area contributed by atoms with E-state index in [2.05, 4.69) is 15.0 Å². The largest absolute Gasteiger partial charge is 0.493 e. The second-order valence-corrected chi connectivity index (χ2v) is 20.3. The summed E-state index contributed by atoms with van der Waals surface area (Å²) in [4.78, 5) is 37.9. The summed E-state index contributed by atoms with van der Waals surface area (Å²) in [6.45, 7) is 8.32. The molecule has 4 atom stereocenters. The van der Waals surface area contributed by atoms with Crippen LogP contribution in [0.3, 0.4) is 0 Å². The highest BCUT2D eigenvalue weighted by atomic mass is 35.5. The standard InChI is InChI=1S/C30H33FN2O5.C24H27ClN4O5/c1-29(16-32)17-37-28-22(29)15-26(33-27(28)18-4-7-20(31)8-5-18)30(2,35)13-12-23(34)19-6-11-24(25(14-19)36-3)38-21-9-10-21;1-23(12-27-29-26)13-33-21-16(23)11-20(28-22(21)25)24(2,31)9-8-17(30)14-4-7-18(19(10-14)32-3)34-15-5-6-15/h4-8,11,14-15,21,35H,9-10,12-13,16-17,32H2,1-3H3;4,7,10-11,15,31H,5-6,8-9,12-13H2,1-3H3. The van der Waals surface area contributed by atoms with Crippen molar-refractivity contribution in [3.05, 3.63) is 128 Å². The zero-order chi connectivity index (χ0) is 51.6. The number of Topliss-reactive ketones (excluding diaryl/α,β-unsaturated/α-hetero) is 2. The van der Waals surface area contributed by atoms with Gasteiger partial charge in [-0.25, -0.2) is 14.4 Å². The number of rotatable bonds is 20. The van der Waals surface area contributed by atoms with E-state index >= 15 is 0 Å². The number of nitrogens with two attached hydrogens (primary N) is 1. The van der Waals surface area contributed by atoms with Crippen molar-refractivity contribution in [1.82, 2.24) is 9.97 Å². The summed E-state index contributed by atoms with van der Waals surface area (Å²) in [5, 5.41) is 26.5. The second-order valence-electron chi connectivity index (χ2n) is 20.0. The maximum Gasteiger partial charge on any atom is 0.171 e. The number of azide groups is 1. The highest BCUT2D eigenvalue weighted by molar-refractivity contribution is 6.31. The molecule has 0 amide bonds. The van der Waals surface area contributed by atoms with Gasteiger partial charge in [0.05, 0.1) is 51.0 Å². The summed E-state index contributed by atoms with van der Waals surface area (Å²) in [6, 6.07) is 19.8. The van der Waals surface area contributed by atoms with Crippen molar-refractivity contribution >= 4 is 23.2 Å². The molecule has 2 aromatic heterocycles. The van der Waals surface area contributed by atoms with Crippen LogP contribution in [0.2, 0.25) is 5.15 Å². The second kappa shape index (κ2) is 20.9. The zero-order valence-corrected chi connectivity index (χ0v) is 42.1. The lowest BCUT2D eigenvalue weighted by molar-refractivity contribution is 0.0395. The first-order chi connectivity index (χ1) is 34.3. The van der Waals surface area contributed by atoms with Crippen molar-refractivity contribution in [3.8, 4) is 45.8 Å². The monoisotopic (exact) mass is 1010 g/mol. The predicted molar refractivity (Wildman–Crippen MR) is 267 cm³/mol. The molecule has 2 saturated carbocycles. The molecule has 16 nitrogen and oxygen atoms in total. The smallest absolute Gasteiger partial charge is 0.171 e. The minimum absolute atomic E-state index is 0.0852. The molecule has 4 unspecified atom stereocenters. The third-order valence-electron chi connectivity index (χ3n) is 13.7. The number of carbonyl (C=O) groups excluding carboxylic acids is 2. The number of fused-ring (bicyclic) bond motifs is 2. The van der Waals surface area contributed by atoms with Crippen molar-refractivity contribution in [1.29, 1.82) is 0 Å². The Hall–Kier alpha value is -6.49. The van der Waals surface area contributed by atoms with Crippen molar-refractivity contribution in [2.45, 2.75) is 113 Å². The Morgan fingerprint density at radius 2 is 1.26 bits per heavy atom. The number of ketones is 2. The number of aliphatic hydroxyl groups is 2. The van der Waals surface area contributed by atoms with Gasteiger partial charge in [-0.05, 0) is 131 Å². The lowest BCUT2D eigenvalue weighted by Gasteiger charge is -2.26. The van der Waals surface area contributed by atoms with Gasteiger partial charge in [0.2, 0.25) is 0 Å². The molecular weight excluding hydrogens is 947 g/mol. The van der Waals surface area contributed by atoms with E-state index in [1.165, 1.54) is 19.2 Å². The number of ether oxygens (including phenoxy) is 6. The van der Waals surface area contributed by atoms with E-state index < -0.39 is 22.0 Å². The molecule has 3 aromatic carbocycles. The molecular formula is C54H60ClFN6O10. The average Bonchev–Trinajstić information content (AvgIpc) is 4.32. The molecule has 2 aliphatic carbocycles. The van der Waals surface area contributed by atoms with E-state index in [1.807, 2.05) is 19.9 Å². The van der Waals surface area contributed by atoms with Crippen molar-refractivity contribution in [3.63, 3.8) is 0 Å². The molecule has 2 fully saturated rings. The molecule has 2 aliphatic heterocycles. The first-order valence-corrected chi connectivity index (χ1v) is 24.4. The molecule has 9 rings (SSSR count). The summed E-state index contributed by atoms with van der Waals surface area (Å²) >= 11 is 6.35. The first kappa shape index (κ1) is 51.9. The van der Waals surface area contributed by atoms with Crippen molar-refractivity contribution in [2.24, 2.45) is 10.8 Å². The van der Waals surface area contributed by atoms with Crippen molar-refractivity contribution in [2.75, 3.05) is 40.5 Å². The molecule has 0 radical (unpaired) electrons. The van der Waals surface area contributed by atoms with E-state index in [-0.39, 0.29) is 73.6 Å². The topological polar surface area (TPSA) is 231 Å². The van der Waals surface area contributed by atoms with Crippen LogP contribution < -0.4 is 34.2 Å². The van der Waals surface area contributed by atoms with Gasteiger partial charge < -0.3 is 44.4 Å². The normalized spacial score (nSPS) is 20.2. The molecule has 4 N–H and O–H groups in total. The van der Waals surface area contributed by atoms with E-state index in [4.69, 9.17) is 56.3 Å². The van der Waals surface area contributed by atoms with Gasteiger partial charge in [-0.15, -0.1) is 0 Å². The minimum atomic E-state index is -1.42. The Bertz CT molecular complexity index is 2900. The Morgan fingerprint density at radius 1 is 0.778 bits per heavy atom. The molecule has 4 heterocycles. The fourth-order valence-corrected chi connectivity index (χ4v) is 8.79. The van der Waals surface area contributed by atoms with Crippen LogP contribution in [-0.4, -0.2) is 84.5 Å². The van der Waals surface area contributed by atoms with Crippen LogP contribution in [0.5, 0.6) is 34.5 Å². The molecule has 0 saturated heterocycles. The number of nitrogens with zero attached hydrogens (tertiary/aromatic N) is 5. The highest BCUT2D eigenvalue weighted by Gasteiger charge is 2.42. The molecule has 5 aromatic rings. The van der Waals surface area contributed by atoms with Crippen LogP contribution in [0.4, 0.5) is 4.39 Å². The molecule has 4 aliphatic rings. The Morgan fingerprint density at radius 3 is 1.75 bits per heavy atom. The molecule has 72 heavy (non-hydrogen) atoms. The van der Waals surface area contributed by atoms with Crippen LogP contribution in [0.25, 0.3) is 21.7 Å². The summed E-state index contributed by atoms with van der Waals surface area (Å²) in [5.41, 5.74) is 15.4. The van der Waals surface area contributed by atoms with Gasteiger partial charge in [-0.1, -0.05) is 30.6 Å². The summed E-state index contributed by atoms with van der Waals surface area (Å²) in [7, 11) is 3.09. The van der Waals surface area contributed by atoms with E-state index in [0.717, 1.165) is 36.8 Å². The van der Waals surface area contributed by atoms with Crippen LogP contribution in [-0.2, 0) is 22.0 Å². The number of hydrogen-bond donors (Lipinski definition) is 3. The Kier molecular flexibility index (Phi) is 15.1. The van der Waals surface area contributed by atoms with Gasteiger partial charge in [0, 0.05) is 69.5 Å². The van der Waals surface area contributed by atoms with Gasteiger partial charge in [0.15, 0.2) is 45.5 Å². The molecule has 18 heteroatoms. The number of aromatic nitrogens is 2. The maximum atomic E-state index is 13.6. The van der Waals surface area contributed by atoms with E-state index in [1.54, 1.807) is 75.6 Å². The van der Waals surface area contributed by atoms with Gasteiger partial charge in [0.25, 0.3) is 0 Å². The molecule has 380 valence electrons.